The molecule has 0 aliphatic rings. The quantitative estimate of drug-likeness (QED) is 0.220. The highest BCUT2D eigenvalue weighted by Crippen LogP contribution is 2.42. The largest absolute Gasteiger partial charge is 0.508 e. The van der Waals surface area contributed by atoms with E-state index in [1.165, 1.54) is 32.7 Å². The maximum atomic E-state index is 9.64. The van der Waals surface area contributed by atoms with Gasteiger partial charge in [-0.05, 0) is 77.1 Å². The molecular formula is C31H34O2. The third-order valence-electron chi connectivity index (χ3n) is 7.11. The summed E-state index contributed by atoms with van der Waals surface area (Å²) in [7, 11) is 0. The zero-order chi connectivity index (χ0) is 23.4. The van der Waals surface area contributed by atoms with Crippen molar-refractivity contribution >= 4 is 21.5 Å². The van der Waals surface area contributed by atoms with Crippen LogP contribution in [0.1, 0.15) is 57.6 Å². The molecule has 2 nitrogen and oxygen atoms in total. The molecule has 4 aromatic carbocycles. The fourth-order valence-corrected chi connectivity index (χ4v) is 5.04. The summed E-state index contributed by atoms with van der Waals surface area (Å²) in [5.74, 6) is 1.71. The van der Waals surface area contributed by atoms with Crippen LogP contribution in [0.5, 0.6) is 5.75 Å². The standard InChI is InChI=1S/C31H34O2/c1-5-30(31(4,6-2)20-22(3)23-15-17-26(32)18-16-23)33-21-29-27-13-9-7-11-24(27)19-25-12-8-10-14-28(25)29/h5,7-19,22,32H,6,20-21H2,1-4H3/b30-5+. The maximum absolute atomic E-state index is 9.64. The molecule has 0 aromatic heterocycles. The molecule has 33 heavy (non-hydrogen) atoms. The Labute approximate surface area is 197 Å². The topological polar surface area (TPSA) is 29.5 Å². The summed E-state index contributed by atoms with van der Waals surface area (Å²) in [6, 6.07) is 27.0. The van der Waals surface area contributed by atoms with Gasteiger partial charge in [-0.25, -0.2) is 0 Å². The van der Waals surface area contributed by atoms with E-state index in [4.69, 9.17) is 4.74 Å². The molecule has 4 rings (SSSR count). The zero-order valence-corrected chi connectivity index (χ0v) is 20.1. The van der Waals surface area contributed by atoms with Crippen molar-refractivity contribution in [1.82, 2.24) is 0 Å². The Balaban J connectivity index is 1.62. The summed E-state index contributed by atoms with van der Waals surface area (Å²) < 4.78 is 6.63. The minimum Gasteiger partial charge on any atom is -0.508 e. The van der Waals surface area contributed by atoms with Crippen LogP contribution in [-0.4, -0.2) is 5.11 Å². The molecule has 1 N–H and O–H groups in total. The minimum atomic E-state index is -0.0769. The first-order chi connectivity index (χ1) is 15.9. The van der Waals surface area contributed by atoms with E-state index in [1.807, 2.05) is 12.1 Å². The van der Waals surface area contributed by atoms with E-state index in [2.05, 4.69) is 88.4 Å². The molecule has 2 atom stereocenters. The van der Waals surface area contributed by atoms with Crippen LogP contribution in [0.25, 0.3) is 21.5 Å². The Hall–Kier alpha value is -3.26. The van der Waals surface area contributed by atoms with Crippen LogP contribution in [0, 0.1) is 5.41 Å². The van der Waals surface area contributed by atoms with Crippen LogP contribution in [0.2, 0.25) is 0 Å². The molecule has 0 fully saturated rings. The first-order valence-corrected chi connectivity index (χ1v) is 11.9. The van der Waals surface area contributed by atoms with Crippen molar-refractivity contribution < 1.29 is 9.84 Å². The van der Waals surface area contributed by atoms with Crippen LogP contribution in [0.4, 0.5) is 0 Å². The Morgan fingerprint density at radius 1 is 0.939 bits per heavy atom. The lowest BCUT2D eigenvalue weighted by molar-refractivity contribution is 0.111. The Morgan fingerprint density at radius 2 is 1.52 bits per heavy atom. The average Bonchev–Trinajstić information content (AvgIpc) is 2.84. The van der Waals surface area contributed by atoms with Crippen molar-refractivity contribution in [2.24, 2.45) is 5.41 Å². The summed E-state index contributed by atoms with van der Waals surface area (Å²) in [4.78, 5) is 0. The van der Waals surface area contributed by atoms with Gasteiger partial charge in [-0.1, -0.05) is 81.4 Å². The fourth-order valence-electron chi connectivity index (χ4n) is 5.04. The summed E-state index contributed by atoms with van der Waals surface area (Å²) in [6.45, 7) is 9.43. The van der Waals surface area contributed by atoms with Crippen LogP contribution >= 0.6 is 0 Å². The average molecular weight is 439 g/mol. The Kier molecular flexibility index (Phi) is 6.74. The molecule has 0 amide bonds. The van der Waals surface area contributed by atoms with Gasteiger partial charge in [-0.3, -0.25) is 0 Å². The summed E-state index contributed by atoms with van der Waals surface area (Å²) in [6.07, 6.45) is 4.11. The molecule has 170 valence electrons. The van der Waals surface area contributed by atoms with Crippen LogP contribution in [-0.2, 0) is 11.3 Å². The first-order valence-electron chi connectivity index (χ1n) is 11.9. The van der Waals surface area contributed by atoms with E-state index >= 15 is 0 Å². The fraction of sp³-hybridized carbons (Fsp3) is 0.290. The number of aromatic hydroxyl groups is 1. The van der Waals surface area contributed by atoms with Gasteiger partial charge in [0.25, 0.3) is 0 Å². The molecule has 0 aliphatic heterocycles. The second kappa shape index (κ2) is 9.70. The van der Waals surface area contributed by atoms with E-state index in [0.717, 1.165) is 18.6 Å². The Morgan fingerprint density at radius 3 is 2.06 bits per heavy atom. The van der Waals surface area contributed by atoms with Gasteiger partial charge in [-0.2, -0.15) is 0 Å². The number of benzene rings is 4. The molecule has 0 spiro atoms. The number of ether oxygens (including phenoxy) is 1. The molecule has 0 radical (unpaired) electrons. The van der Waals surface area contributed by atoms with Crippen LogP contribution in [0.3, 0.4) is 0 Å². The normalized spacial score (nSPS) is 14.8. The SMILES string of the molecule is C/C=C(/OCc1c2ccccc2cc2ccccc12)C(C)(CC)CC(C)c1ccc(O)cc1. The number of hydrogen-bond acceptors (Lipinski definition) is 2. The Bertz CT molecular complexity index is 1220. The molecule has 0 saturated carbocycles. The number of rotatable bonds is 8. The number of fused-ring (bicyclic) bond motifs is 2. The molecule has 2 unspecified atom stereocenters. The van der Waals surface area contributed by atoms with E-state index in [1.54, 1.807) is 12.1 Å². The van der Waals surface area contributed by atoms with Gasteiger partial charge in [0.05, 0.1) is 5.76 Å². The molecule has 0 saturated heterocycles. The molecule has 0 bridgehead atoms. The number of phenolic OH excluding ortho intramolecular Hbond substituents is 1. The minimum absolute atomic E-state index is 0.0769. The van der Waals surface area contributed by atoms with Gasteiger partial charge in [0.2, 0.25) is 0 Å². The number of allylic oxidation sites excluding steroid dienone is 2. The predicted octanol–water partition coefficient (Wildman–Crippen LogP) is 8.73. The second-order valence-electron chi connectivity index (χ2n) is 9.35. The van der Waals surface area contributed by atoms with Gasteiger partial charge in [0.1, 0.15) is 12.4 Å². The van der Waals surface area contributed by atoms with Crippen molar-refractivity contribution in [2.45, 2.75) is 53.1 Å². The molecule has 2 heteroatoms. The highest BCUT2D eigenvalue weighted by molar-refractivity contribution is 6.02. The van der Waals surface area contributed by atoms with Gasteiger partial charge < -0.3 is 9.84 Å². The van der Waals surface area contributed by atoms with E-state index < -0.39 is 0 Å². The molecule has 0 aliphatic carbocycles. The van der Waals surface area contributed by atoms with Gasteiger partial charge in [0.15, 0.2) is 0 Å². The lowest BCUT2D eigenvalue weighted by Crippen LogP contribution is -2.23. The first kappa shape index (κ1) is 22.9. The monoisotopic (exact) mass is 438 g/mol. The molecule has 4 aromatic rings. The molecular weight excluding hydrogens is 404 g/mol. The maximum Gasteiger partial charge on any atom is 0.115 e. The summed E-state index contributed by atoms with van der Waals surface area (Å²) in [5.41, 5.74) is 2.41. The summed E-state index contributed by atoms with van der Waals surface area (Å²) in [5, 5.41) is 14.6. The van der Waals surface area contributed by atoms with Crippen LogP contribution < -0.4 is 0 Å². The predicted molar refractivity (Wildman–Crippen MR) is 140 cm³/mol. The number of hydrogen-bond donors (Lipinski definition) is 1. The summed E-state index contributed by atoms with van der Waals surface area (Å²) >= 11 is 0. The van der Waals surface area contributed by atoms with Crippen molar-refractivity contribution in [3.63, 3.8) is 0 Å². The van der Waals surface area contributed by atoms with Crippen molar-refractivity contribution in [2.75, 3.05) is 0 Å². The van der Waals surface area contributed by atoms with Gasteiger partial charge >= 0.3 is 0 Å². The highest BCUT2D eigenvalue weighted by atomic mass is 16.5. The molecule has 0 heterocycles. The third-order valence-corrected chi connectivity index (χ3v) is 7.11. The van der Waals surface area contributed by atoms with Crippen molar-refractivity contribution in [3.8, 4) is 5.75 Å². The lowest BCUT2D eigenvalue weighted by Gasteiger charge is -2.34. The second-order valence-corrected chi connectivity index (χ2v) is 9.35. The van der Waals surface area contributed by atoms with Crippen LogP contribution in [0.15, 0.2) is 90.7 Å². The number of phenols is 1. The van der Waals surface area contributed by atoms with Gasteiger partial charge in [0, 0.05) is 11.0 Å². The highest BCUT2D eigenvalue weighted by Gasteiger charge is 2.31. The lowest BCUT2D eigenvalue weighted by atomic mass is 9.75. The van der Waals surface area contributed by atoms with Crippen molar-refractivity contribution in [3.05, 3.63) is 102 Å². The third kappa shape index (κ3) is 4.75. The van der Waals surface area contributed by atoms with E-state index in [0.29, 0.717) is 18.3 Å². The smallest absolute Gasteiger partial charge is 0.115 e. The van der Waals surface area contributed by atoms with E-state index in [-0.39, 0.29) is 5.41 Å². The van der Waals surface area contributed by atoms with Crippen molar-refractivity contribution in [1.29, 1.82) is 0 Å². The van der Waals surface area contributed by atoms with Gasteiger partial charge in [-0.15, -0.1) is 0 Å². The van der Waals surface area contributed by atoms with E-state index in [9.17, 15) is 5.11 Å². The zero-order valence-electron chi connectivity index (χ0n) is 20.1.